The van der Waals surface area contributed by atoms with E-state index in [1.165, 1.54) is 7.11 Å². The van der Waals surface area contributed by atoms with Gasteiger partial charge in [-0.05, 0) is 29.3 Å². The smallest absolute Gasteiger partial charge is 0.164 e. The van der Waals surface area contributed by atoms with Gasteiger partial charge in [-0.1, -0.05) is 42.5 Å². The monoisotopic (exact) mass is 348 g/mol. The molecule has 0 saturated heterocycles. The molecule has 4 rings (SSSR count). The zero-order chi connectivity index (χ0) is 18.1. The fraction of sp³-hybridized carbons (Fsp3) is 0.182. The van der Waals surface area contributed by atoms with E-state index in [2.05, 4.69) is 12.1 Å². The van der Waals surface area contributed by atoms with Crippen molar-refractivity contribution in [3.63, 3.8) is 0 Å². The molecule has 132 valence electrons. The number of hydrogen-bond donors (Lipinski definition) is 1. The molecule has 1 aliphatic rings. The highest BCUT2D eigenvalue weighted by Crippen LogP contribution is 2.52. The molecule has 3 aromatic carbocycles. The minimum absolute atomic E-state index is 0.0172. The summed E-state index contributed by atoms with van der Waals surface area (Å²) in [6, 6.07) is 21.6. The number of methoxy groups -OCH3 is 2. The van der Waals surface area contributed by atoms with Crippen molar-refractivity contribution in [1.29, 1.82) is 0 Å². The van der Waals surface area contributed by atoms with Crippen molar-refractivity contribution in [3.05, 3.63) is 83.4 Å². The molecule has 0 aromatic heterocycles. The molecular weight excluding hydrogens is 328 g/mol. The lowest BCUT2D eigenvalue weighted by molar-refractivity contribution is 0.221. The van der Waals surface area contributed by atoms with Crippen LogP contribution in [0.4, 0.5) is 0 Å². The van der Waals surface area contributed by atoms with Crippen LogP contribution in [0.1, 0.15) is 28.7 Å². The minimum Gasteiger partial charge on any atom is -0.504 e. The number of aromatic hydroxyl groups is 1. The van der Waals surface area contributed by atoms with Gasteiger partial charge in [0.1, 0.15) is 17.6 Å². The number of fused-ring (bicyclic) bond motifs is 1. The van der Waals surface area contributed by atoms with Crippen LogP contribution in [0.3, 0.4) is 0 Å². The lowest BCUT2D eigenvalue weighted by atomic mass is 9.85. The Labute approximate surface area is 152 Å². The van der Waals surface area contributed by atoms with Crippen molar-refractivity contribution in [2.45, 2.75) is 12.0 Å². The number of hydrogen-bond acceptors (Lipinski definition) is 4. The van der Waals surface area contributed by atoms with Crippen molar-refractivity contribution in [2.24, 2.45) is 0 Å². The maximum Gasteiger partial charge on any atom is 0.164 e. The molecule has 0 amide bonds. The molecular formula is C22H20O4. The highest BCUT2D eigenvalue weighted by atomic mass is 16.5. The van der Waals surface area contributed by atoms with E-state index in [-0.39, 0.29) is 17.8 Å². The van der Waals surface area contributed by atoms with Crippen molar-refractivity contribution in [3.8, 4) is 23.0 Å². The first-order chi connectivity index (χ1) is 12.7. The summed E-state index contributed by atoms with van der Waals surface area (Å²) in [5, 5.41) is 10.3. The van der Waals surface area contributed by atoms with Gasteiger partial charge < -0.3 is 19.3 Å². The van der Waals surface area contributed by atoms with Crippen LogP contribution in [0.15, 0.2) is 66.7 Å². The largest absolute Gasteiger partial charge is 0.504 e. The molecule has 1 N–H and O–H groups in total. The average molecular weight is 348 g/mol. The van der Waals surface area contributed by atoms with E-state index in [9.17, 15) is 5.11 Å². The van der Waals surface area contributed by atoms with Gasteiger partial charge in [0.25, 0.3) is 0 Å². The highest BCUT2D eigenvalue weighted by Gasteiger charge is 2.37. The van der Waals surface area contributed by atoms with E-state index >= 15 is 0 Å². The summed E-state index contributed by atoms with van der Waals surface area (Å²) in [6.07, 6.45) is -0.190. The van der Waals surface area contributed by atoms with Crippen LogP contribution in [0.5, 0.6) is 23.0 Å². The van der Waals surface area contributed by atoms with Gasteiger partial charge in [-0.2, -0.15) is 0 Å². The zero-order valence-electron chi connectivity index (χ0n) is 14.7. The molecule has 0 spiro atoms. The molecule has 0 aliphatic carbocycles. The van der Waals surface area contributed by atoms with E-state index in [0.29, 0.717) is 5.75 Å². The number of phenols is 1. The Balaban J connectivity index is 1.82. The number of phenolic OH excluding ortho intramolecular Hbond substituents is 1. The van der Waals surface area contributed by atoms with Crippen LogP contribution in [-0.2, 0) is 0 Å². The van der Waals surface area contributed by atoms with Gasteiger partial charge in [-0.25, -0.2) is 0 Å². The summed E-state index contributed by atoms with van der Waals surface area (Å²) < 4.78 is 16.8. The Bertz CT molecular complexity index is 903. The molecule has 3 aromatic rings. The molecule has 2 atom stereocenters. The highest BCUT2D eigenvalue weighted by molar-refractivity contribution is 5.57. The van der Waals surface area contributed by atoms with Crippen molar-refractivity contribution < 1.29 is 19.3 Å². The Morgan fingerprint density at radius 2 is 1.58 bits per heavy atom. The summed E-state index contributed by atoms with van der Waals surface area (Å²) in [4.78, 5) is 0. The first-order valence-electron chi connectivity index (χ1n) is 8.47. The molecule has 4 nitrogen and oxygen atoms in total. The van der Waals surface area contributed by atoms with Gasteiger partial charge in [0.15, 0.2) is 11.5 Å². The summed E-state index contributed by atoms with van der Waals surface area (Å²) in [6.45, 7) is 0. The summed E-state index contributed by atoms with van der Waals surface area (Å²) in [5.41, 5.74) is 3.14. The molecule has 0 unspecified atom stereocenters. The zero-order valence-corrected chi connectivity index (χ0v) is 14.7. The average Bonchev–Trinajstić information content (AvgIpc) is 3.06. The van der Waals surface area contributed by atoms with Gasteiger partial charge >= 0.3 is 0 Å². The lowest BCUT2D eigenvalue weighted by Crippen LogP contribution is -2.11. The fourth-order valence-corrected chi connectivity index (χ4v) is 3.51. The van der Waals surface area contributed by atoms with Crippen LogP contribution >= 0.6 is 0 Å². The molecule has 1 heterocycles. The standard InChI is InChI=1S/C22H20O4/c1-24-16-10-8-15(9-11-16)22-21(14-6-4-3-5-7-14)17-12-18(23)20(25-2)13-19(17)26-22/h3-13,21-23H,1-2H3/t21-,22+/m0/s1. The topological polar surface area (TPSA) is 47.9 Å². The van der Waals surface area contributed by atoms with Gasteiger partial charge in [0.05, 0.1) is 20.1 Å². The van der Waals surface area contributed by atoms with Crippen LogP contribution in [0, 0.1) is 0 Å². The lowest BCUT2D eigenvalue weighted by Gasteiger charge is -2.20. The Morgan fingerprint density at radius 1 is 0.846 bits per heavy atom. The normalized spacial score (nSPS) is 18.1. The Kier molecular flexibility index (Phi) is 4.17. The van der Waals surface area contributed by atoms with Crippen molar-refractivity contribution in [2.75, 3.05) is 14.2 Å². The second kappa shape index (κ2) is 6.64. The van der Waals surface area contributed by atoms with Crippen LogP contribution < -0.4 is 14.2 Å². The Morgan fingerprint density at radius 3 is 2.23 bits per heavy atom. The quantitative estimate of drug-likeness (QED) is 0.744. The van der Waals surface area contributed by atoms with E-state index < -0.39 is 0 Å². The van der Waals surface area contributed by atoms with E-state index in [1.54, 1.807) is 19.2 Å². The van der Waals surface area contributed by atoms with E-state index in [4.69, 9.17) is 14.2 Å². The third-order valence-corrected chi connectivity index (χ3v) is 4.81. The third kappa shape index (κ3) is 2.73. The number of benzene rings is 3. The van der Waals surface area contributed by atoms with E-state index in [0.717, 1.165) is 28.2 Å². The van der Waals surface area contributed by atoms with Crippen LogP contribution in [0.2, 0.25) is 0 Å². The maximum absolute atomic E-state index is 10.3. The van der Waals surface area contributed by atoms with Crippen LogP contribution in [0.25, 0.3) is 0 Å². The minimum atomic E-state index is -0.190. The summed E-state index contributed by atoms with van der Waals surface area (Å²) in [7, 11) is 3.19. The van der Waals surface area contributed by atoms with Gasteiger partial charge in [0.2, 0.25) is 0 Å². The molecule has 0 radical (unpaired) electrons. The van der Waals surface area contributed by atoms with E-state index in [1.807, 2.05) is 42.5 Å². The van der Waals surface area contributed by atoms with Crippen molar-refractivity contribution >= 4 is 0 Å². The van der Waals surface area contributed by atoms with Crippen molar-refractivity contribution in [1.82, 2.24) is 0 Å². The van der Waals surface area contributed by atoms with Gasteiger partial charge in [-0.15, -0.1) is 0 Å². The van der Waals surface area contributed by atoms with Gasteiger partial charge in [-0.3, -0.25) is 0 Å². The molecule has 0 fully saturated rings. The second-order valence-corrected chi connectivity index (χ2v) is 6.26. The maximum atomic E-state index is 10.3. The third-order valence-electron chi connectivity index (χ3n) is 4.81. The summed E-state index contributed by atoms with van der Waals surface area (Å²) >= 11 is 0. The first-order valence-corrected chi connectivity index (χ1v) is 8.47. The predicted octanol–water partition coefficient (Wildman–Crippen LogP) is 4.68. The SMILES string of the molecule is COc1ccc([C@H]2Oc3cc(OC)c(O)cc3[C@@H]2c2ccccc2)cc1. The molecule has 26 heavy (non-hydrogen) atoms. The molecule has 0 bridgehead atoms. The molecule has 1 aliphatic heterocycles. The fourth-order valence-electron chi connectivity index (χ4n) is 3.51. The van der Waals surface area contributed by atoms with Gasteiger partial charge in [0, 0.05) is 11.6 Å². The summed E-state index contributed by atoms with van der Waals surface area (Å²) in [5.74, 6) is 2.04. The van der Waals surface area contributed by atoms with Crippen LogP contribution in [-0.4, -0.2) is 19.3 Å². The molecule has 0 saturated carbocycles. The predicted molar refractivity (Wildman–Crippen MR) is 99.3 cm³/mol. The first kappa shape index (κ1) is 16.3. The Hall–Kier alpha value is -3.14. The number of ether oxygens (including phenoxy) is 3. The second-order valence-electron chi connectivity index (χ2n) is 6.26. The molecule has 4 heteroatoms. The number of rotatable bonds is 4.